The lowest BCUT2D eigenvalue weighted by atomic mass is 10.2. The Morgan fingerprint density at radius 3 is 2.70 bits per heavy atom. The second-order valence-electron chi connectivity index (χ2n) is 4.07. The molecule has 0 saturated heterocycles. The maximum Gasteiger partial charge on any atom is 0.244 e. The fraction of sp³-hybridized carbons (Fsp3) is 0.154. The normalized spacial score (nSPS) is 11.5. The van der Waals surface area contributed by atoms with Crippen LogP contribution >= 0.6 is 11.3 Å². The average Bonchev–Trinajstić information content (AvgIpc) is 2.91. The van der Waals surface area contributed by atoms with Gasteiger partial charge >= 0.3 is 0 Å². The van der Waals surface area contributed by atoms with Gasteiger partial charge in [-0.1, -0.05) is 12.1 Å². The minimum absolute atomic E-state index is 0.182. The van der Waals surface area contributed by atoms with Crippen LogP contribution in [-0.4, -0.2) is 19.8 Å². The lowest BCUT2D eigenvalue weighted by Crippen LogP contribution is -2.27. The molecule has 2 aromatic rings. The SMILES string of the molecule is CN(Cc1cccs1)S(=O)(=O)c1cccc(F)c1C#N. The van der Waals surface area contributed by atoms with E-state index < -0.39 is 21.4 Å². The standard InChI is InChI=1S/C13H11FN2O2S2/c1-16(9-10-4-3-7-19-10)20(17,18)13-6-2-5-12(14)11(13)8-15/h2-7H,9H2,1H3. The van der Waals surface area contributed by atoms with Crippen molar-refractivity contribution in [2.75, 3.05) is 7.05 Å². The lowest BCUT2D eigenvalue weighted by molar-refractivity contribution is 0.468. The van der Waals surface area contributed by atoms with Crippen LogP contribution in [0.5, 0.6) is 0 Å². The minimum atomic E-state index is -3.90. The number of thiophene rings is 1. The maximum absolute atomic E-state index is 13.5. The van der Waals surface area contributed by atoms with Gasteiger partial charge in [0.25, 0.3) is 0 Å². The summed E-state index contributed by atoms with van der Waals surface area (Å²) < 4.78 is 39.4. The van der Waals surface area contributed by atoms with Gasteiger partial charge in [-0.25, -0.2) is 12.8 Å². The quantitative estimate of drug-likeness (QED) is 0.872. The maximum atomic E-state index is 13.5. The monoisotopic (exact) mass is 310 g/mol. The number of nitriles is 1. The number of nitrogens with zero attached hydrogens (tertiary/aromatic N) is 2. The first-order valence-corrected chi connectivity index (χ1v) is 7.96. The third-order valence-corrected chi connectivity index (χ3v) is 5.44. The zero-order valence-electron chi connectivity index (χ0n) is 10.6. The van der Waals surface area contributed by atoms with Crippen molar-refractivity contribution in [2.45, 2.75) is 11.4 Å². The molecule has 0 saturated carbocycles. The van der Waals surface area contributed by atoms with Crippen LogP contribution in [-0.2, 0) is 16.6 Å². The molecule has 1 aromatic heterocycles. The lowest BCUT2D eigenvalue weighted by Gasteiger charge is -2.17. The van der Waals surface area contributed by atoms with Crippen molar-refractivity contribution in [3.63, 3.8) is 0 Å². The van der Waals surface area contributed by atoms with E-state index in [4.69, 9.17) is 5.26 Å². The highest BCUT2D eigenvalue weighted by molar-refractivity contribution is 7.89. The molecule has 0 aliphatic carbocycles. The summed E-state index contributed by atoms with van der Waals surface area (Å²) in [7, 11) is -2.50. The van der Waals surface area contributed by atoms with Gasteiger partial charge in [-0.05, 0) is 23.6 Å². The summed E-state index contributed by atoms with van der Waals surface area (Å²) in [6, 6.07) is 8.83. The summed E-state index contributed by atoms with van der Waals surface area (Å²) in [5.74, 6) is -0.835. The Labute approximate surface area is 120 Å². The van der Waals surface area contributed by atoms with Gasteiger partial charge in [-0.15, -0.1) is 11.3 Å². The Balaban J connectivity index is 2.41. The molecule has 7 heteroatoms. The van der Waals surface area contributed by atoms with E-state index in [1.54, 1.807) is 6.07 Å². The van der Waals surface area contributed by atoms with Crippen LogP contribution in [0.4, 0.5) is 4.39 Å². The Morgan fingerprint density at radius 2 is 2.10 bits per heavy atom. The third-order valence-electron chi connectivity index (χ3n) is 2.73. The molecule has 0 fully saturated rings. The van der Waals surface area contributed by atoms with Crippen LogP contribution in [0.15, 0.2) is 40.6 Å². The van der Waals surface area contributed by atoms with Crippen molar-refractivity contribution in [2.24, 2.45) is 0 Å². The fourth-order valence-corrected chi connectivity index (χ4v) is 3.84. The predicted octanol–water partition coefficient (Wildman–Crippen LogP) is 2.58. The molecule has 1 heterocycles. The number of sulfonamides is 1. The van der Waals surface area contributed by atoms with E-state index >= 15 is 0 Å². The Kier molecular flexibility index (Phi) is 4.18. The van der Waals surface area contributed by atoms with Gasteiger partial charge in [0.1, 0.15) is 22.3 Å². The Hall–Kier alpha value is -1.75. The van der Waals surface area contributed by atoms with Gasteiger partial charge in [0.05, 0.1) is 0 Å². The molecule has 0 aliphatic rings. The number of hydrogen-bond donors (Lipinski definition) is 0. The molecule has 4 nitrogen and oxygen atoms in total. The van der Waals surface area contributed by atoms with Crippen LogP contribution in [0.2, 0.25) is 0 Å². The third kappa shape index (κ3) is 2.72. The van der Waals surface area contributed by atoms with Crippen LogP contribution in [0.1, 0.15) is 10.4 Å². The molecular weight excluding hydrogens is 299 g/mol. The van der Waals surface area contributed by atoms with Crippen LogP contribution in [0, 0.1) is 17.1 Å². The molecule has 104 valence electrons. The molecule has 0 atom stereocenters. The molecule has 0 radical (unpaired) electrons. The van der Waals surface area contributed by atoms with Gasteiger partial charge in [0.2, 0.25) is 10.0 Å². The molecule has 0 N–H and O–H groups in total. The smallest absolute Gasteiger partial charge is 0.207 e. The second kappa shape index (κ2) is 5.71. The Morgan fingerprint density at radius 1 is 1.35 bits per heavy atom. The van der Waals surface area contributed by atoms with Crippen LogP contribution < -0.4 is 0 Å². The number of hydrogen-bond acceptors (Lipinski definition) is 4. The molecule has 20 heavy (non-hydrogen) atoms. The van der Waals surface area contributed by atoms with Crippen molar-refractivity contribution < 1.29 is 12.8 Å². The highest BCUT2D eigenvalue weighted by atomic mass is 32.2. The van der Waals surface area contributed by atoms with Crippen LogP contribution in [0.25, 0.3) is 0 Å². The summed E-state index contributed by atoms with van der Waals surface area (Å²) in [6.45, 7) is 0.182. The Bertz CT molecular complexity index is 749. The van der Waals surface area contributed by atoms with Crippen molar-refractivity contribution in [1.29, 1.82) is 5.26 Å². The van der Waals surface area contributed by atoms with Gasteiger partial charge in [0.15, 0.2) is 0 Å². The topological polar surface area (TPSA) is 61.2 Å². The minimum Gasteiger partial charge on any atom is -0.207 e. The summed E-state index contributed by atoms with van der Waals surface area (Å²) in [5, 5.41) is 10.8. The van der Waals surface area contributed by atoms with E-state index in [0.29, 0.717) is 0 Å². The number of rotatable bonds is 4. The van der Waals surface area contributed by atoms with Crippen LogP contribution in [0.3, 0.4) is 0 Å². The summed E-state index contributed by atoms with van der Waals surface area (Å²) in [5.41, 5.74) is -0.453. The van der Waals surface area contributed by atoms with E-state index in [1.165, 1.54) is 30.5 Å². The van der Waals surface area contributed by atoms with E-state index in [0.717, 1.165) is 15.2 Å². The van der Waals surface area contributed by atoms with Crippen molar-refractivity contribution in [3.8, 4) is 6.07 Å². The average molecular weight is 310 g/mol. The first-order valence-electron chi connectivity index (χ1n) is 5.64. The number of benzene rings is 1. The zero-order chi connectivity index (χ0) is 14.8. The molecular formula is C13H11FN2O2S2. The van der Waals surface area contributed by atoms with E-state index in [9.17, 15) is 12.8 Å². The summed E-state index contributed by atoms with van der Waals surface area (Å²) in [4.78, 5) is 0.560. The van der Waals surface area contributed by atoms with Gasteiger partial charge in [0, 0.05) is 18.5 Å². The molecule has 0 bridgehead atoms. The molecule has 0 aliphatic heterocycles. The summed E-state index contributed by atoms with van der Waals surface area (Å²) in [6.07, 6.45) is 0. The second-order valence-corrected chi connectivity index (χ2v) is 7.11. The molecule has 0 spiro atoms. The van der Waals surface area contributed by atoms with E-state index in [1.807, 2.05) is 17.5 Å². The van der Waals surface area contributed by atoms with Gasteiger partial charge in [-0.2, -0.15) is 9.57 Å². The number of halogens is 1. The van der Waals surface area contributed by atoms with E-state index in [2.05, 4.69) is 0 Å². The first kappa shape index (κ1) is 14.7. The predicted molar refractivity (Wildman–Crippen MR) is 74.1 cm³/mol. The highest BCUT2D eigenvalue weighted by Gasteiger charge is 2.26. The summed E-state index contributed by atoms with van der Waals surface area (Å²) >= 11 is 1.43. The highest BCUT2D eigenvalue weighted by Crippen LogP contribution is 2.23. The van der Waals surface area contributed by atoms with E-state index in [-0.39, 0.29) is 11.4 Å². The van der Waals surface area contributed by atoms with Crippen molar-refractivity contribution >= 4 is 21.4 Å². The zero-order valence-corrected chi connectivity index (χ0v) is 12.2. The van der Waals surface area contributed by atoms with Gasteiger partial charge in [-0.3, -0.25) is 0 Å². The van der Waals surface area contributed by atoms with Crippen molar-refractivity contribution in [3.05, 3.63) is 52.0 Å². The first-order chi connectivity index (χ1) is 9.46. The molecule has 1 aromatic carbocycles. The van der Waals surface area contributed by atoms with Crippen molar-refractivity contribution in [1.82, 2.24) is 4.31 Å². The largest absolute Gasteiger partial charge is 0.244 e. The molecule has 0 unspecified atom stereocenters. The molecule has 0 amide bonds. The fourth-order valence-electron chi connectivity index (χ4n) is 1.70. The molecule has 2 rings (SSSR count). The van der Waals surface area contributed by atoms with Gasteiger partial charge < -0.3 is 0 Å².